The zero-order valence-electron chi connectivity index (χ0n) is 8.50. The predicted molar refractivity (Wildman–Crippen MR) is 56.1 cm³/mol. The molecule has 3 heteroatoms. The van der Waals surface area contributed by atoms with E-state index in [2.05, 4.69) is 26.5 Å². The van der Waals surface area contributed by atoms with Gasteiger partial charge in [-0.1, -0.05) is 20.8 Å². The molecule has 1 saturated carbocycles. The van der Waals surface area contributed by atoms with Crippen LogP contribution in [-0.2, 0) is 4.79 Å². The van der Waals surface area contributed by atoms with Crippen LogP contribution in [0.2, 0.25) is 0 Å². The molecule has 0 aromatic rings. The molecule has 1 rings (SSSR count). The Bertz CT molecular complexity index is 227. The molecule has 1 aliphatic rings. The van der Waals surface area contributed by atoms with Gasteiger partial charge in [0.25, 0.3) is 0 Å². The number of thiol groups is 1. The summed E-state index contributed by atoms with van der Waals surface area (Å²) in [4.78, 5) is 11.2. The zero-order chi connectivity index (χ0) is 10.3. The van der Waals surface area contributed by atoms with E-state index in [0.717, 1.165) is 12.8 Å². The molecule has 0 spiro atoms. The molecular formula is C10H18O2S. The molecule has 0 amide bonds. The van der Waals surface area contributed by atoms with Crippen molar-refractivity contribution in [2.24, 2.45) is 16.7 Å². The minimum absolute atomic E-state index is 0.0772. The van der Waals surface area contributed by atoms with Crippen molar-refractivity contribution in [3.8, 4) is 0 Å². The summed E-state index contributed by atoms with van der Waals surface area (Å²) >= 11 is 4.23. The predicted octanol–water partition coefficient (Wildman–Crippen LogP) is 2.44. The fourth-order valence-electron chi connectivity index (χ4n) is 2.27. The molecule has 2 atom stereocenters. The van der Waals surface area contributed by atoms with Crippen molar-refractivity contribution in [2.75, 3.05) is 5.75 Å². The highest BCUT2D eigenvalue weighted by Crippen LogP contribution is 2.67. The van der Waals surface area contributed by atoms with Crippen molar-refractivity contribution in [1.82, 2.24) is 0 Å². The maximum absolute atomic E-state index is 11.2. The van der Waals surface area contributed by atoms with Gasteiger partial charge in [-0.15, -0.1) is 0 Å². The Labute approximate surface area is 85.1 Å². The van der Waals surface area contributed by atoms with Gasteiger partial charge in [0.05, 0.1) is 5.41 Å². The molecule has 0 aromatic heterocycles. The van der Waals surface area contributed by atoms with Crippen LogP contribution in [0.4, 0.5) is 0 Å². The zero-order valence-corrected chi connectivity index (χ0v) is 9.40. The smallest absolute Gasteiger partial charge is 0.310 e. The molecular weight excluding hydrogens is 184 g/mol. The van der Waals surface area contributed by atoms with Crippen LogP contribution in [0, 0.1) is 16.7 Å². The van der Waals surface area contributed by atoms with Crippen LogP contribution in [0.1, 0.15) is 33.6 Å². The van der Waals surface area contributed by atoms with E-state index in [4.69, 9.17) is 0 Å². The van der Waals surface area contributed by atoms with Crippen LogP contribution in [0.5, 0.6) is 0 Å². The first-order chi connectivity index (χ1) is 5.88. The second kappa shape index (κ2) is 3.19. The highest BCUT2D eigenvalue weighted by Gasteiger charge is 2.68. The van der Waals surface area contributed by atoms with Crippen LogP contribution in [0.15, 0.2) is 0 Å². The average molecular weight is 202 g/mol. The van der Waals surface area contributed by atoms with E-state index in [1.807, 2.05) is 6.92 Å². The van der Waals surface area contributed by atoms with E-state index >= 15 is 0 Å². The van der Waals surface area contributed by atoms with Crippen molar-refractivity contribution in [1.29, 1.82) is 0 Å². The van der Waals surface area contributed by atoms with Gasteiger partial charge in [0, 0.05) is 0 Å². The van der Waals surface area contributed by atoms with E-state index in [0.29, 0.717) is 11.7 Å². The Kier molecular flexibility index (Phi) is 2.68. The summed E-state index contributed by atoms with van der Waals surface area (Å²) in [5.74, 6) is 0.474. The Hall–Kier alpha value is -0.180. The number of carboxylic acids is 1. The number of carboxylic acid groups (broad SMARTS) is 1. The standard InChI is InChI=1S/C10H18O2S/c1-7(2)4-10(8(11)12)5-9(10,3)6-13/h7,13H,4-6H2,1-3H3,(H,11,12). The molecule has 0 aliphatic heterocycles. The largest absolute Gasteiger partial charge is 0.481 e. The molecule has 2 unspecified atom stereocenters. The first-order valence-electron chi connectivity index (χ1n) is 4.72. The van der Waals surface area contributed by atoms with Gasteiger partial charge in [0.15, 0.2) is 0 Å². The van der Waals surface area contributed by atoms with Crippen LogP contribution in [0.25, 0.3) is 0 Å². The van der Waals surface area contributed by atoms with Crippen LogP contribution in [0.3, 0.4) is 0 Å². The first-order valence-corrected chi connectivity index (χ1v) is 5.35. The lowest BCUT2D eigenvalue weighted by atomic mass is 9.87. The van der Waals surface area contributed by atoms with E-state index in [9.17, 15) is 9.90 Å². The molecule has 1 N–H and O–H groups in total. The summed E-state index contributed by atoms with van der Waals surface area (Å²) in [7, 11) is 0. The summed E-state index contributed by atoms with van der Waals surface area (Å²) < 4.78 is 0. The second-order valence-electron chi connectivity index (χ2n) is 4.88. The lowest BCUT2D eigenvalue weighted by Gasteiger charge is -2.19. The van der Waals surface area contributed by atoms with E-state index in [1.54, 1.807) is 0 Å². The van der Waals surface area contributed by atoms with Crippen molar-refractivity contribution in [3.63, 3.8) is 0 Å². The lowest BCUT2D eigenvalue weighted by molar-refractivity contribution is -0.145. The maximum Gasteiger partial charge on any atom is 0.310 e. The van der Waals surface area contributed by atoms with Crippen molar-refractivity contribution >= 4 is 18.6 Å². The molecule has 13 heavy (non-hydrogen) atoms. The molecule has 0 radical (unpaired) electrons. The van der Waals surface area contributed by atoms with Gasteiger partial charge in [-0.2, -0.15) is 12.6 Å². The third-order valence-corrected chi connectivity index (χ3v) is 3.94. The minimum atomic E-state index is -0.641. The molecule has 0 heterocycles. The molecule has 0 saturated heterocycles. The summed E-state index contributed by atoms with van der Waals surface area (Å²) in [6.07, 6.45) is 1.57. The van der Waals surface area contributed by atoms with E-state index in [1.165, 1.54) is 0 Å². The van der Waals surface area contributed by atoms with Gasteiger partial charge >= 0.3 is 5.97 Å². The van der Waals surface area contributed by atoms with Gasteiger partial charge in [-0.3, -0.25) is 4.79 Å². The second-order valence-corrected chi connectivity index (χ2v) is 5.20. The molecule has 1 fully saturated rings. The highest BCUT2D eigenvalue weighted by atomic mass is 32.1. The third-order valence-electron chi connectivity index (χ3n) is 3.24. The lowest BCUT2D eigenvalue weighted by Crippen LogP contribution is -2.25. The average Bonchev–Trinajstić information content (AvgIpc) is 2.58. The summed E-state index contributed by atoms with van der Waals surface area (Å²) in [5, 5.41) is 9.19. The van der Waals surface area contributed by atoms with Gasteiger partial charge in [-0.25, -0.2) is 0 Å². The number of carbonyl (C=O) groups is 1. The topological polar surface area (TPSA) is 37.3 Å². The number of hydrogen-bond donors (Lipinski definition) is 2. The number of aliphatic carboxylic acids is 1. The Morgan fingerprint density at radius 2 is 2.15 bits per heavy atom. The minimum Gasteiger partial charge on any atom is -0.481 e. The van der Waals surface area contributed by atoms with Gasteiger partial charge in [0.1, 0.15) is 0 Å². The monoisotopic (exact) mass is 202 g/mol. The van der Waals surface area contributed by atoms with Crippen molar-refractivity contribution in [2.45, 2.75) is 33.6 Å². The fourth-order valence-corrected chi connectivity index (χ4v) is 2.68. The number of rotatable bonds is 4. The van der Waals surface area contributed by atoms with Crippen LogP contribution in [-0.4, -0.2) is 16.8 Å². The summed E-state index contributed by atoms with van der Waals surface area (Å²) in [6.45, 7) is 6.17. The maximum atomic E-state index is 11.2. The summed E-state index contributed by atoms with van der Waals surface area (Å²) in [5.41, 5.74) is -0.560. The Balaban J connectivity index is 2.77. The SMILES string of the molecule is CC(C)CC1(C(=O)O)CC1(C)CS. The van der Waals surface area contributed by atoms with Crippen molar-refractivity contribution < 1.29 is 9.90 Å². The molecule has 76 valence electrons. The normalized spacial score (nSPS) is 37.9. The Morgan fingerprint density at radius 3 is 2.38 bits per heavy atom. The van der Waals surface area contributed by atoms with E-state index < -0.39 is 11.4 Å². The molecule has 0 aromatic carbocycles. The van der Waals surface area contributed by atoms with Crippen molar-refractivity contribution in [3.05, 3.63) is 0 Å². The molecule has 0 bridgehead atoms. The Morgan fingerprint density at radius 1 is 1.62 bits per heavy atom. The van der Waals surface area contributed by atoms with E-state index in [-0.39, 0.29) is 5.41 Å². The highest BCUT2D eigenvalue weighted by molar-refractivity contribution is 7.80. The van der Waals surface area contributed by atoms with Crippen LogP contribution >= 0.6 is 12.6 Å². The van der Waals surface area contributed by atoms with Crippen LogP contribution < -0.4 is 0 Å². The van der Waals surface area contributed by atoms with Gasteiger partial charge in [-0.05, 0) is 29.9 Å². The number of hydrogen-bond acceptors (Lipinski definition) is 2. The third kappa shape index (κ3) is 1.58. The quantitative estimate of drug-likeness (QED) is 0.687. The van der Waals surface area contributed by atoms with Gasteiger partial charge in [0.2, 0.25) is 0 Å². The fraction of sp³-hybridized carbons (Fsp3) is 0.900. The van der Waals surface area contributed by atoms with Gasteiger partial charge < -0.3 is 5.11 Å². The first kappa shape index (κ1) is 10.9. The molecule has 2 nitrogen and oxygen atoms in total. The molecule has 1 aliphatic carbocycles. The summed E-state index contributed by atoms with van der Waals surface area (Å²) in [6, 6.07) is 0.